The number of hydrogen-bond donors (Lipinski definition) is 2. The van der Waals surface area contributed by atoms with Crippen molar-refractivity contribution in [2.45, 2.75) is 72.5 Å². The molecule has 3 N–H and O–H groups in total. The number of esters is 1. The summed E-state index contributed by atoms with van der Waals surface area (Å²) < 4.78 is 10.9. The molecule has 0 unspecified atom stereocenters. The molecule has 10 nitrogen and oxygen atoms in total. The van der Waals surface area contributed by atoms with Crippen LogP contribution in [0.1, 0.15) is 68.0 Å². The third-order valence-corrected chi connectivity index (χ3v) is 8.02. The Bertz CT molecular complexity index is 1480. The fraction of sp³-hybridized carbons (Fsp3) is 0.500. The largest absolute Gasteiger partial charge is 0.460 e. The number of benzene rings is 1. The van der Waals surface area contributed by atoms with Crippen molar-refractivity contribution >= 4 is 50.9 Å². The van der Waals surface area contributed by atoms with E-state index in [1.165, 1.54) is 11.3 Å². The molecule has 11 heteroatoms. The van der Waals surface area contributed by atoms with E-state index in [9.17, 15) is 14.4 Å². The Morgan fingerprint density at radius 3 is 2.21 bits per heavy atom. The average Bonchev–Trinajstić information content (AvgIpc) is 3.22. The van der Waals surface area contributed by atoms with Crippen molar-refractivity contribution in [1.29, 1.82) is 0 Å². The molecule has 1 aliphatic heterocycles. The lowest BCUT2D eigenvalue weighted by molar-refractivity contribution is -0.153. The van der Waals surface area contributed by atoms with Crippen LogP contribution in [0.5, 0.6) is 0 Å². The summed E-state index contributed by atoms with van der Waals surface area (Å²) in [6.45, 7) is 16.1. The predicted molar refractivity (Wildman–Crippen MR) is 171 cm³/mol. The van der Waals surface area contributed by atoms with Crippen molar-refractivity contribution in [2.75, 3.05) is 43.4 Å². The van der Waals surface area contributed by atoms with Crippen molar-refractivity contribution in [3.05, 3.63) is 52.0 Å². The zero-order valence-electron chi connectivity index (χ0n) is 26.2. The third kappa shape index (κ3) is 8.59. The van der Waals surface area contributed by atoms with Crippen molar-refractivity contribution in [1.82, 2.24) is 15.2 Å². The molecule has 1 aromatic carbocycles. The molecule has 0 bridgehead atoms. The van der Waals surface area contributed by atoms with Crippen LogP contribution < -0.4 is 16.0 Å². The summed E-state index contributed by atoms with van der Waals surface area (Å²) in [7, 11) is 0. The van der Waals surface area contributed by atoms with E-state index in [4.69, 9.17) is 15.2 Å². The van der Waals surface area contributed by atoms with Gasteiger partial charge in [-0.1, -0.05) is 12.1 Å². The summed E-state index contributed by atoms with van der Waals surface area (Å²) in [6.07, 6.45) is 0.487. The molecule has 0 aliphatic carbocycles. The highest BCUT2D eigenvalue weighted by Crippen LogP contribution is 2.34. The minimum Gasteiger partial charge on any atom is -0.460 e. The molecule has 1 aliphatic rings. The number of carbonyl (C=O) groups excluding carboxylic acids is 3. The number of nitrogens with one attached hydrogen (secondary N) is 1. The third-order valence-electron chi connectivity index (χ3n) is 6.91. The number of aromatic nitrogens is 1. The van der Waals surface area contributed by atoms with Gasteiger partial charge in [-0.3, -0.25) is 9.59 Å². The molecule has 0 radical (unpaired) electrons. The highest BCUT2D eigenvalue weighted by Gasteiger charge is 2.26. The molecule has 0 atom stereocenters. The molecule has 2 aromatic heterocycles. The molecule has 4 rings (SSSR count). The molecular weight excluding hydrogens is 566 g/mol. The number of rotatable bonds is 7. The number of pyridine rings is 1. The molecule has 3 aromatic rings. The van der Waals surface area contributed by atoms with Gasteiger partial charge in [-0.05, 0) is 84.2 Å². The van der Waals surface area contributed by atoms with Crippen molar-refractivity contribution < 1.29 is 23.9 Å². The molecule has 43 heavy (non-hydrogen) atoms. The Balaban J connectivity index is 1.30. The van der Waals surface area contributed by atoms with Gasteiger partial charge in [0.2, 0.25) is 0 Å². The molecule has 2 amide bonds. The second kappa shape index (κ2) is 12.8. The maximum absolute atomic E-state index is 13.0. The van der Waals surface area contributed by atoms with Crippen LogP contribution in [0.15, 0.2) is 30.3 Å². The fourth-order valence-electron chi connectivity index (χ4n) is 4.80. The molecular formula is C32H43N5O5S. The molecule has 3 heterocycles. The normalized spacial score (nSPS) is 14.1. The van der Waals surface area contributed by atoms with Crippen LogP contribution in [0, 0.1) is 6.92 Å². The second-order valence-electron chi connectivity index (χ2n) is 12.8. The van der Waals surface area contributed by atoms with Gasteiger partial charge in [-0.15, -0.1) is 11.3 Å². The number of nitrogens with two attached hydrogens (primary N) is 1. The minimum absolute atomic E-state index is 0.0872. The SMILES string of the molecule is Cc1nc2sc(C(=O)NCCc3ccc(N4CCN(C(=O)OC(C)(C)C)CC4)cc3)c(N)c2cc1CC(=O)OC(C)(C)C. The van der Waals surface area contributed by atoms with Gasteiger partial charge in [0.25, 0.3) is 5.91 Å². The second-order valence-corrected chi connectivity index (χ2v) is 13.8. The number of ether oxygens (including phenoxy) is 2. The van der Waals surface area contributed by atoms with Crippen LogP contribution in [0.3, 0.4) is 0 Å². The molecule has 0 saturated carbocycles. The maximum Gasteiger partial charge on any atom is 0.410 e. The van der Waals surface area contributed by atoms with E-state index in [0.29, 0.717) is 52.5 Å². The molecule has 1 fully saturated rings. The van der Waals surface area contributed by atoms with Crippen LogP contribution in [0.4, 0.5) is 16.2 Å². The maximum atomic E-state index is 13.0. The van der Waals surface area contributed by atoms with Gasteiger partial charge < -0.3 is 30.3 Å². The van der Waals surface area contributed by atoms with Gasteiger partial charge in [-0.2, -0.15) is 0 Å². The Labute approximate surface area is 257 Å². The minimum atomic E-state index is -0.572. The number of nitrogen functional groups attached to an aromatic ring is 1. The van der Waals surface area contributed by atoms with Gasteiger partial charge in [0.15, 0.2) is 0 Å². The zero-order chi connectivity index (χ0) is 31.5. The lowest BCUT2D eigenvalue weighted by Crippen LogP contribution is -2.50. The summed E-state index contributed by atoms with van der Waals surface area (Å²) in [6, 6.07) is 10.1. The van der Waals surface area contributed by atoms with Gasteiger partial charge in [0.1, 0.15) is 20.9 Å². The first kappa shape index (κ1) is 32.1. The highest BCUT2D eigenvalue weighted by atomic mass is 32.1. The van der Waals surface area contributed by atoms with E-state index in [-0.39, 0.29) is 24.4 Å². The van der Waals surface area contributed by atoms with Gasteiger partial charge in [-0.25, -0.2) is 9.78 Å². The van der Waals surface area contributed by atoms with Crippen LogP contribution in [0.25, 0.3) is 10.2 Å². The lowest BCUT2D eigenvalue weighted by Gasteiger charge is -2.36. The van der Waals surface area contributed by atoms with E-state index < -0.39 is 11.2 Å². The van der Waals surface area contributed by atoms with Crippen LogP contribution in [-0.4, -0.2) is 71.8 Å². The van der Waals surface area contributed by atoms with Crippen LogP contribution in [-0.2, 0) is 27.1 Å². The molecule has 1 saturated heterocycles. The van der Waals surface area contributed by atoms with Crippen LogP contribution in [0.2, 0.25) is 0 Å². The van der Waals surface area contributed by atoms with Crippen molar-refractivity contribution in [3.63, 3.8) is 0 Å². The van der Waals surface area contributed by atoms with Crippen molar-refractivity contribution in [3.8, 4) is 0 Å². The smallest absolute Gasteiger partial charge is 0.410 e. The van der Waals surface area contributed by atoms with E-state index in [1.54, 1.807) is 4.90 Å². The number of amides is 2. The first-order valence-corrected chi connectivity index (χ1v) is 15.4. The number of nitrogens with zero attached hydrogens (tertiary/aromatic N) is 3. The van der Waals surface area contributed by atoms with Crippen molar-refractivity contribution in [2.24, 2.45) is 0 Å². The van der Waals surface area contributed by atoms with E-state index in [0.717, 1.165) is 29.9 Å². The Morgan fingerprint density at radius 1 is 0.977 bits per heavy atom. The summed E-state index contributed by atoms with van der Waals surface area (Å²) in [5.41, 5.74) is 9.31. The van der Waals surface area contributed by atoms with E-state index >= 15 is 0 Å². The lowest BCUT2D eigenvalue weighted by atomic mass is 10.1. The number of carbonyl (C=O) groups is 3. The average molecular weight is 610 g/mol. The standard InChI is InChI=1S/C32H43N5O5S/c1-20-22(19-25(38)41-31(2,3)4)18-24-26(33)27(43-29(24)35-20)28(39)34-13-12-21-8-10-23(11-9-21)36-14-16-37(17-15-36)30(40)42-32(5,6)7/h8-11,18H,12-17,19,33H2,1-7H3,(H,34,39). The van der Waals surface area contributed by atoms with Gasteiger partial charge >= 0.3 is 12.1 Å². The first-order chi connectivity index (χ1) is 20.1. The Kier molecular flexibility index (Phi) is 9.54. The summed E-state index contributed by atoms with van der Waals surface area (Å²) >= 11 is 1.25. The predicted octanol–water partition coefficient (Wildman–Crippen LogP) is 5.10. The summed E-state index contributed by atoms with van der Waals surface area (Å²) in [4.78, 5) is 47.4. The number of fused-ring (bicyclic) bond motifs is 1. The van der Waals surface area contributed by atoms with Gasteiger partial charge in [0.05, 0.1) is 12.1 Å². The topological polar surface area (TPSA) is 127 Å². The fourth-order valence-corrected chi connectivity index (χ4v) is 5.84. The van der Waals surface area contributed by atoms with Gasteiger partial charge in [0, 0.05) is 49.5 Å². The molecule has 232 valence electrons. The summed E-state index contributed by atoms with van der Waals surface area (Å²) in [5, 5.41) is 3.64. The highest BCUT2D eigenvalue weighted by molar-refractivity contribution is 7.21. The Morgan fingerprint density at radius 2 is 1.60 bits per heavy atom. The van der Waals surface area contributed by atoms with Crippen LogP contribution >= 0.6 is 11.3 Å². The van der Waals surface area contributed by atoms with E-state index in [2.05, 4.69) is 39.5 Å². The number of aryl methyl sites for hydroxylation is 1. The number of piperazine rings is 1. The number of anilines is 2. The first-order valence-electron chi connectivity index (χ1n) is 14.6. The quantitative estimate of drug-likeness (QED) is 0.354. The number of thiophene rings is 1. The summed E-state index contributed by atoms with van der Waals surface area (Å²) in [5.74, 6) is -0.580. The number of hydrogen-bond acceptors (Lipinski definition) is 9. The monoisotopic (exact) mass is 609 g/mol. The van der Waals surface area contributed by atoms with E-state index in [1.807, 2.05) is 54.5 Å². The molecule has 0 spiro atoms. The Hall–Kier alpha value is -3.86. The zero-order valence-corrected chi connectivity index (χ0v) is 27.0.